The van der Waals surface area contributed by atoms with Gasteiger partial charge in [0.05, 0.1) is 28.5 Å². The van der Waals surface area contributed by atoms with Gasteiger partial charge in [0.1, 0.15) is 11.3 Å². The highest BCUT2D eigenvalue weighted by Crippen LogP contribution is 2.44. The smallest absolute Gasteiger partial charge is 0.264 e. The molecule has 5 rings (SSSR count). The van der Waals surface area contributed by atoms with Crippen LogP contribution in [0.1, 0.15) is 37.3 Å². The van der Waals surface area contributed by atoms with Crippen LogP contribution in [-0.4, -0.2) is 38.6 Å². The third kappa shape index (κ3) is 2.55. The minimum Gasteiger partial charge on any atom is -0.506 e. The van der Waals surface area contributed by atoms with Crippen LogP contribution in [0.5, 0.6) is 5.75 Å². The molecule has 8 heteroatoms. The number of benzene rings is 1. The van der Waals surface area contributed by atoms with Crippen molar-refractivity contribution in [3.8, 4) is 17.0 Å². The highest BCUT2D eigenvalue weighted by molar-refractivity contribution is 5.93. The second-order valence-electron chi connectivity index (χ2n) is 7.90. The molecular formula is C20H19F2N3O3. The van der Waals surface area contributed by atoms with Crippen molar-refractivity contribution in [2.75, 3.05) is 11.4 Å². The summed E-state index contributed by atoms with van der Waals surface area (Å²) < 4.78 is 32.5. The van der Waals surface area contributed by atoms with Gasteiger partial charge in [-0.3, -0.25) is 0 Å². The third-order valence-corrected chi connectivity index (χ3v) is 5.79. The van der Waals surface area contributed by atoms with Gasteiger partial charge in [-0.05, 0) is 44.4 Å². The summed E-state index contributed by atoms with van der Waals surface area (Å²) in [5, 5.41) is 29.4. The van der Waals surface area contributed by atoms with Gasteiger partial charge in [-0.1, -0.05) is 0 Å². The van der Waals surface area contributed by atoms with Gasteiger partial charge in [-0.2, -0.15) is 0 Å². The first kappa shape index (κ1) is 17.4. The van der Waals surface area contributed by atoms with Crippen molar-refractivity contribution in [3.63, 3.8) is 0 Å². The number of halogens is 2. The fraction of sp³-hybridized carbons (Fsp3) is 0.400. The zero-order valence-electron chi connectivity index (χ0n) is 15.2. The minimum atomic E-state index is -2.79. The van der Waals surface area contributed by atoms with Crippen LogP contribution in [0.4, 0.5) is 14.6 Å². The Morgan fingerprint density at radius 1 is 1.29 bits per heavy atom. The molecule has 0 saturated heterocycles. The molecule has 0 atom stereocenters. The second-order valence-corrected chi connectivity index (χ2v) is 7.90. The van der Waals surface area contributed by atoms with E-state index in [9.17, 15) is 19.0 Å². The molecule has 3 aromatic rings. The number of alkyl halides is 2. The average molecular weight is 387 g/mol. The maximum absolute atomic E-state index is 13.7. The van der Waals surface area contributed by atoms with E-state index in [1.807, 2.05) is 6.92 Å². The molecule has 0 amide bonds. The van der Waals surface area contributed by atoms with Gasteiger partial charge in [0.2, 0.25) is 0 Å². The Bertz CT molecular complexity index is 1070. The van der Waals surface area contributed by atoms with E-state index in [1.165, 1.54) is 18.4 Å². The van der Waals surface area contributed by atoms with E-state index in [2.05, 4.69) is 15.1 Å². The Hall–Kier alpha value is -2.74. The number of hydrogen-bond acceptors (Lipinski definition) is 6. The van der Waals surface area contributed by atoms with E-state index < -0.39 is 12.0 Å². The molecule has 1 aliphatic carbocycles. The molecule has 0 unspecified atom stereocenters. The van der Waals surface area contributed by atoms with Crippen LogP contribution in [-0.2, 0) is 6.42 Å². The van der Waals surface area contributed by atoms with Gasteiger partial charge in [0, 0.05) is 23.7 Å². The third-order valence-electron chi connectivity index (χ3n) is 5.79. The van der Waals surface area contributed by atoms with E-state index in [1.54, 1.807) is 6.07 Å². The highest BCUT2D eigenvalue weighted by Gasteiger charge is 2.44. The molecule has 0 radical (unpaired) electrons. The number of rotatable bonds is 3. The lowest BCUT2D eigenvalue weighted by atomic mass is 9.76. The fourth-order valence-electron chi connectivity index (χ4n) is 4.40. The Balaban J connectivity index is 1.57. The number of aliphatic hydroxyl groups is 1. The van der Waals surface area contributed by atoms with E-state index >= 15 is 0 Å². The molecule has 2 aliphatic rings. The molecule has 2 aromatic heterocycles. The number of phenolic OH excluding ortho intramolecular Hbond substituents is 1. The van der Waals surface area contributed by atoms with Crippen LogP contribution in [0.3, 0.4) is 0 Å². The number of anilines is 1. The summed E-state index contributed by atoms with van der Waals surface area (Å²) >= 11 is 0. The zero-order valence-corrected chi connectivity index (χ0v) is 15.2. The number of fused-ring (bicyclic) bond motifs is 2. The minimum absolute atomic E-state index is 0.00997. The first-order chi connectivity index (χ1) is 13.3. The first-order valence-corrected chi connectivity index (χ1v) is 9.21. The Morgan fingerprint density at radius 3 is 2.79 bits per heavy atom. The molecule has 146 valence electrons. The summed E-state index contributed by atoms with van der Waals surface area (Å²) in [4.78, 5) is 2.12. The lowest BCUT2D eigenvalue weighted by molar-refractivity contribution is -0.0307. The molecule has 3 heterocycles. The standard InChI is InChI=1S/C20H19F2N3O3/c1-20(27)8-11(9-20)25-4-2-10-6-14(23-24-19(10)25)16-13(18(21)22)7-15-12(17(16)26)3-5-28-15/h3,5-7,11,18,26-27H,2,4,8-9H2,1H3. The number of hydrogen-bond donors (Lipinski definition) is 2. The van der Waals surface area contributed by atoms with Gasteiger partial charge in [0.25, 0.3) is 6.43 Å². The summed E-state index contributed by atoms with van der Waals surface area (Å²) in [7, 11) is 0. The van der Waals surface area contributed by atoms with Crippen molar-refractivity contribution in [2.45, 2.75) is 44.3 Å². The maximum atomic E-state index is 13.7. The summed E-state index contributed by atoms with van der Waals surface area (Å²) in [5.74, 6) is 0.451. The van der Waals surface area contributed by atoms with Crippen molar-refractivity contribution in [3.05, 3.63) is 35.6 Å². The molecule has 1 aromatic carbocycles. The van der Waals surface area contributed by atoms with Crippen LogP contribution < -0.4 is 4.90 Å². The predicted molar refractivity (Wildman–Crippen MR) is 98.6 cm³/mol. The first-order valence-electron chi connectivity index (χ1n) is 9.21. The molecule has 6 nitrogen and oxygen atoms in total. The molecule has 1 saturated carbocycles. The van der Waals surface area contributed by atoms with Gasteiger partial charge >= 0.3 is 0 Å². The summed E-state index contributed by atoms with van der Waals surface area (Å²) in [5.41, 5.74) is 0.344. The molecule has 2 N–H and O–H groups in total. The highest BCUT2D eigenvalue weighted by atomic mass is 19.3. The quantitative estimate of drug-likeness (QED) is 0.711. The number of nitrogens with zero attached hydrogens (tertiary/aromatic N) is 3. The van der Waals surface area contributed by atoms with E-state index in [0.717, 1.165) is 24.3 Å². The van der Waals surface area contributed by atoms with Crippen LogP contribution in [0.25, 0.3) is 22.2 Å². The molecule has 0 bridgehead atoms. The monoisotopic (exact) mass is 387 g/mol. The van der Waals surface area contributed by atoms with E-state index in [-0.39, 0.29) is 34.2 Å². The van der Waals surface area contributed by atoms with E-state index in [0.29, 0.717) is 18.2 Å². The summed E-state index contributed by atoms with van der Waals surface area (Å²) in [6, 6.07) is 4.72. The molecule has 1 aliphatic heterocycles. The van der Waals surface area contributed by atoms with Crippen molar-refractivity contribution in [2.24, 2.45) is 0 Å². The Morgan fingerprint density at radius 2 is 2.07 bits per heavy atom. The molecule has 28 heavy (non-hydrogen) atoms. The van der Waals surface area contributed by atoms with Crippen LogP contribution in [0.15, 0.2) is 28.9 Å². The summed E-state index contributed by atoms with van der Waals surface area (Å²) in [6.07, 6.45) is 0.615. The van der Waals surface area contributed by atoms with Crippen molar-refractivity contribution in [1.29, 1.82) is 0 Å². The zero-order chi connectivity index (χ0) is 19.6. The van der Waals surface area contributed by atoms with Crippen molar-refractivity contribution >= 4 is 16.8 Å². The molecule has 0 spiro atoms. The van der Waals surface area contributed by atoms with Gasteiger partial charge in [-0.25, -0.2) is 8.78 Å². The lowest BCUT2D eigenvalue weighted by Gasteiger charge is -2.46. The average Bonchev–Trinajstić information content (AvgIpc) is 3.25. The maximum Gasteiger partial charge on any atom is 0.264 e. The van der Waals surface area contributed by atoms with Gasteiger partial charge in [0.15, 0.2) is 5.82 Å². The van der Waals surface area contributed by atoms with Gasteiger partial charge < -0.3 is 19.5 Å². The van der Waals surface area contributed by atoms with Crippen LogP contribution >= 0.6 is 0 Å². The van der Waals surface area contributed by atoms with Crippen molar-refractivity contribution in [1.82, 2.24) is 10.2 Å². The molecule has 1 fully saturated rings. The Labute approximate surface area is 159 Å². The lowest BCUT2D eigenvalue weighted by Crippen LogP contribution is -2.53. The largest absolute Gasteiger partial charge is 0.506 e. The predicted octanol–water partition coefficient (Wildman–Crippen LogP) is 3.81. The van der Waals surface area contributed by atoms with Crippen LogP contribution in [0.2, 0.25) is 0 Å². The number of furan rings is 1. The van der Waals surface area contributed by atoms with Crippen molar-refractivity contribution < 1.29 is 23.4 Å². The number of aromatic hydroxyl groups is 1. The Kier molecular flexibility index (Phi) is 3.64. The summed E-state index contributed by atoms with van der Waals surface area (Å²) in [6.45, 7) is 2.57. The van der Waals surface area contributed by atoms with Gasteiger partial charge in [-0.15, -0.1) is 10.2 Å². The fourth-order valence-corrected chi connectivity index (χ4v) is 4.40. The SMILES string of the molecule is CC1(O)CC(N2CCc3cc(-c4c(C(F)F)cc5occc5c4O)nnc32)C1. The topological polar surface area (TPSA) is 82.6 Å². The van der Waals surface area contributed by atoms with E-state index in [4.69, 9.17) is 4.42 Å². The number of phenols is 1. The van der Waals surface area contributed by atoms with Crippen LogP contribution in [0, 0.1) is 0 Å². The normalized spacial score (nSPS) is 24.0. The molecular weight excluding hydrogens is 368 g/mol. The second kappa shape index (κ2) is 5.88. The number of aromatic nitrogens is 2.